The summed E-state index contributed by atoms with van der Waals surface area (Å²) in [6.45, 7) is 2.95. The zero-order valence-electron chi connectivity index (χ0n) is 14.5. The molecule has 1 heterocycles. The van der Waals surface area contributed by atoms with Crippen LogP contribution in [0.2, 0.25) is 0 Å². The molecule has 1 aliphatic heterocycles. The summed E-state index contributed by atoms with van der Waals surface area (Å²) in [6.07, 6.45) is 3.82. The van der Waals surface area contributed by atoms with Crippen molar-refractivity contribution in [2.24, 2.45) is 11.8 Å². The zero-order chi connectivity index (χ0) is 17.8. The standard InChI is InChI=1S/C19H26N2O4/c1-2-25-19(24)12-4-3-5-15(8-12)21-16-7-6-13-11-20-17(18(22)23)10-14(13)9-16/h3-5,8,13-14,16-17,20-21H,2,6-7,9-11H2,1H3,(H,22,23). The van der Waals surface area contributed by atoms with Crippen LogP contribution in [0.5, 0.6) is 0 Å². The van der Waals surface area contributed by atoms with Crippen LogP contribution in [0.25, 0.3) is 0 Å². The molecule has 4 unspecified atom stereocenters. The van der Waals surface area contributed by atoms with Crippen molar-refractivity contribution in [1.29, 1.82) is 0 Å². The van der Waals surface area contributed by atoms with Crippen molar-refractivity contribution in [2.75, 3.05) is 18.5 Å². The van der Waals surface area contributed by atoms with Gasteiger partial charge in [-0.2, -0.15) is 0 Å². The summed E-state index contributed by atoms with van der Waals surface area (Å²) >= 11 is 0. The molecule has 0 radical (unpaired) electrons. The monoisotopic (exact) mass is 346 g/mol. The zero-order valence-corrected chi connectivity index (χ0v) is 14.5. The van der Waals surface area contributed by atoms with Gasteiger partial charge in [0.05, 0.1) is 12.2 Å². The van der Waals surface area contributed by atoms with E-state index in [1.54, 1.807) is 13.0 Å². The molecule has 25 heavy (non-hydrogen) atoms. The van der Waals surface area contributed by atoms with Crippen molar-refractivity contribution >= 4 is 17.6 Å². The highest BCUT2D eigenvalue weighted by Crippen LogP contribution is 2.36. The van der Waals surface area contributed by atoms with Crippen LogP contribution >= 0.6 is 0 Å². The van der Waals surface area contributed by atoms with E-state index in [1.165, 1.54) is 0 Å². The number of nitrogens with one attached hydrogen (secondary N) is 2. The number of carboxylic acids is 1. The predicted molar refractivity (Wildman–Crippen MR) is 94.7 cm³/mol. The molecule has 1 saturated heterocycles. The maximum absolute atomic E-state index is 11.9. The van der Waals surface area contributed by atoms with Crippen LogP contribution in [0.1, 0.15) is 43.0 Å². The van der Waals surface area contributed by atoms with E-state index in [9.17, 15) is 14.7 Å². The third kappa shape index (κ3) is 4.31. The lowest BCUT2D eigenvalue weighted by Gasteiger charge is -2.42. The molecule has 6 heteroatoms. The first-order valence-electron chi connectivity index (χ1n) is 9.06. The Morgan fingerprint density at radius 1 is 1.28 bits per heavy atom. The Bertz CT molecular complexity index is 634. The average molecular weight is 346 g/mol. The van der Waals surface area contributed by atoms with Gasteiger partial charge in [-0.3, -0.25) is 4.79 Å². The highest BCUT2D eigenvalue weighted by molar-refractivity contribution is 5.90. The number of anilines is 1. The molecule has 0 amide bonds. The summed E-state index contributed by atoms with van der Waals surface area (Å²) in [4.78, 5) is 23.1. The fourth-order valence-electron chi connectivity index (χ4n) is 4.07. The molecule has 3 rings (SSSR count). The Morgan fingerprint density at radius 2 is 2.12 bits per heavy atom. The van der Waals surface area contributed by atoms with E-state index in [2.05, 4.69) is 10.6 Å². The van der Waals surface area contributed by atoms with Gasteiger partial charge >= 0.3 is 11.9 Å². The minimum Gasteiger partial charge on any atom is -0.480 e. The van der Waals surface area contributed by atoms with Gasteiger partial charge in [0.2, 0.25) is 0 Å². The molecule has 0 spiro atoms. The van der Waals surface area contributed by atoms with Gasteiger partial charge in [0.1, 0.15) is 6.04 Å². The number of carboxylic acid groups (broad SMARTS) is 1. The molecule has 1 saturated carbocycles. The minimum absolute atomic E-state index is 0.308. The highest BCUT2D eigenvalue weighted by Gasteiger charge is 2.37. The van der Waals surface area contributed by atoms with Crippen LogP contribution < -0.4 is 10.6 Å². The molecule has 6 nitrogen and oxygen atoms in total. The Balaban J connectivity index is 1.61. The second-order valence-corrected chi connectivity index (χ2v) is 7.01. The summed E-state index contributed by atoms with van der Waals surface area (Å²) < 4.78 is 5.05. The molecule has 1 aromatic rings. The highest BCUT2D eigenvalue weighted by atomic mass is 16.5. The number of benzene rings is 1. The van der Waals surface area contributed by atoms with Crippen LogP contribution in [0.3, 0.4) is 0 Å². The predicted octanol–water partition coefficient (Wildman–Crippen LogP) is 2.51. The van der Waals surface area contributed by atoms with Crippen LogP contribution in [0, 0.1) is 11.8 Å². The number of piperidine rings is 1. The lowest BCUT2D eigenvalue weighted by molar-refractivity contribution is -0.141. The number of carbonyl (C=O) groups excluding carboxylic acids is 1. The number of hydrogen-bond donors (Lipinski definition) is 3. The molecule has 0 aromatic heterocycles. The second kappa shape index (κ2) is 7.87. The molecule has 2 aliphatic rings. The van der Waals surface area contributed by atoms with Gasteiger partial charge < -0.3 is 20.5 Å². The SMILES string of the molecule is CCOC(=O)c1cccc(NC2CCC3CNC(C(=O)O)CC3C2)c1. The van der Waals surface area contributed by atoms with E-state index in [-0.39, 0.29) is 5.97 Å². The number of carbonyl (C=O) groups is 2. The molecule has 0 bridgehead atoms. The average Bonchev–Trinajstić information content (AvgIpc) is 2.61. The Morgan fingerprint density at radius 3 is 2.88 bits per heavy atom. The van der Waals surface area contributed by atoms with Gasteiger partial charge in [-0.1, -0.05) is 6.07 Å². The smallest absolute Gasteiger partial charge is 0.338 e. The number of hydrogen-bond acceptors (Lipinski definition) is 5. The van der Waals surface area contributed by atoms with E-state index in [0.717, 1.165) is 31.5 Å². The number of ether oxygens (including phenoxy) is 1. The summed E-state index contributed by atoms with van der Waals surface area (Å²) in [5.41, 5.74) is 1.46. The third-order valence-electron chi connectivity index (χ3n) is 5.35. The molecule has 136 valence electrons. The maximum atomic E-state index is 11.9. The number of esters is 1. The van der Waals surface area contributed by atoms with Gasteiger partial charge in [0, 0.05) is 11.7 Å². The largest absolute Gasteiger partial charge is 0.480 e. The lowest BCUT2D eigenvalue weighted by atomic mass is 9.72. The van der Waals surface area contributed by atoms with Gasteiger partial charge in [0.15, 0.2) is 0 Å². The first-order valence-corrected chi connectivity index (χ1v) is 9.06. The topological polar surface area (TPSA) is 87.7 Å². The number of fused-ring (bicyclic) bond motifs is 1. The maximum Gasteiger partial charge on any atom is 0.338 e. The third-order valence-corrected chi connectivity index (χ3v) is 5.35. The minimum atomic E-state index is -0.754. The number of aliphatic carboxylic acids is 1. The molecule has 4 atom stereocenters. The van der Waals surface area contributed by atoms with Gasteiger partial charge in [0.25, 0.3) is 0 Å². The van der Waals surface area contributed by atoms with Gasteiger partial charge in [-0.05, 0) is 69.2 Å². The van der Waals surface area contributed by atoms with Crippen molar-refractivity contribution in [1.82, 2.24) is 5.32 Å². The van der Waals surface area contributed by atoms with E-state index in [1.807, 2.05) is 18.2 Å². The van der Waals surface area contributed by atoms with Crippen molar-refractivity contribution in [3.63, 3.8) is 0 Å². The molecular formula is C19H26N2O4. The summed E-state index contributed by atoms with van der Waals surface area (Å²) in [5, 5.41) is 15.9. The van der Waals surface area contributed by atoms with Crippen LogP contribution in [0.4, 0.5) is 5.69 Å². The van der Waals surface area contributed by atoms with E-state index in [4.69, 9.17) is 4.74 Å². The molecule has 2 fully saturated rings. The number of rotatable bonds is 5. The second-order valence-electron chi connectivity index (χ2n) is 7.01. The molecule has 1 aromatic carbocycles. The van der Waals surface area contributed by atoms with Crippen molar-refractivity contribution in [3.05, 3.63) is 29.8 Å². The Kier molecular flexibility index (Phi) is 5.58. The van der Waals surface area contributed by atoms with Gasteiger partial charge in [-0.15, -0.1) is 0 Å². The lowest BCUT2D eigenvalue weighted by Crippen LogP contribution is -2.50. The van der Waals surface area contributed by atoms with E-state index < -0.39 is 12.0 Å². The molecular weight excluding hydrogens is 320 g/mol. The summed E-state index contributed by atoms with van der Waals surface area (Å²) in [5.74, 6) is -0.0606. The fourth-order valence-corrected chi connectivity index (χ4v) is 4.07. The Labute approximate surface area is 147 Å². The van der Waals surface area contributed by atoms with Crippen LogP contribution in [-0.2, 0) is 9.53 Å². The van der Waals surface area contributed by atoms with Crippen molar-refractivity contribution < 1.29 is 19.4 Å². The first kappa shape index (κ1) is 17.7. The van der Waals surface area contributed by atoms with Crippen LogP contribution in [0.15, 0.2) is 24.3 Å². The first-order chi connectivity index (χ1) is 12.1. The van der Waals surface area contributed by atoms with E-state index in [0.29, 0.717) is 36.5 Å². The Hall–Kier alpha value is -2.08. The van der Waals surface area contributed by atoms with Crippen molar-refractivity contribution in [2.45, 2.75) is 44.7 Å². The van der Waals surface area contributed by atoms with E-state index >= 15 is 0 Å². The normalized spacial score (nSPS) is 28.7. The van der Waals surface area contributed by atoms with Crippen LogP contribution in [-0.4, -0.2) is 42.3 Å². The fraction of sp³-hybridized carbons (Fsp3) is 0.579. The van der Waals surface area contributed by atoms with Gasteiger partial charge in [-0.25, -0.2) is 4.79 Å². The molecule has 3 N–H and O–H groups in total. The summed E-state index contributed by atoms with van der Waals surface area (Å²) in [6, 6.07) is 7.28. The molecule has 1 aliphatic carbocycles. The van der Waals surface area contributed by atoms with Crippen molar-refractivity contribution in [3.8, 4) is 0 Å². The quantitative estimate of drug-likeness (QED) is 0.710. The summed E-state index contributed by atoms with van der Waals surface area (Å²) in [7, 11) is 0.